The number of esters is 1. The van der Waals surface area contributed by atoms with E-state index in [-0.39, 0.29) is 12.1 Å². The largest absolute Gasteiger partial charge is 0.469 e. The van der Waals surface area contributed by atoms with E-state index in [1.165, 1.54) is 13.2 Å². The third-order valence-corrected chi connectivity index (χ3v) is 2.69. The molecule has 1 rings (SSSR count). The number of nitrogens with two attached hydrogens (primary N) is 1. The predicted molar refractivity (Wildman–Crippen MR) is 57.9 cm³/mol. The summed E-state index contributed by atoms with van der Waals surface area (Å²) in [6.45, 7) is 0.0139. The van der Waals surface area contributed by atoms with Gasteiger partial charge in [0.1, 0.15) is 5.82 Å². The zero-order valence-corrected chi connectivity index (χ0v) is 9.75. The van der Waals surface area contributed by atoms with E-state index < -0.39 is 17.7 Å². The lowest BCUT2D eigenvalue weighted by Crippen LogP contribution is -2.23. The van der Waals surface area contributed by atoms with Crippen molar-refractivity contribution >= 4 is 21.9 Å². The number of carbonyl (C=O) groups is 1. The van der Waals surface area contributed by atoms with Gasteiger partial charge in [-0.1, -0.05) is 12.1 Å². The third kappa shape index (κ3) is 2.54. The van der Waals surface area contributed by atoms with E-state index in [0.29, 0.717) is 4.47 Å². The van der Waals surface area contributed by atoms with Gasteiger partial charge < -0.3 is 10.5 Å². The summed E-state index contributed by atoms with van der Waals surface area (Å²) in [6.07, 6.45) is 0. The molecule has 0 saturated heterocycles. The van der Waals surface area contributed by atoms with Crippen molar-refractivity contribution in [3.63, 3.8) is 0 Å². The van der Waals surface area contributed by atoms with Crippen molar-refractivity contribution in [1.82, 2.24) is 0 Å². The maximum absolute atomic E-state index is 13.6. The molecule has 1 unspecified atom stereocenters. The Labute approximate surface area is 95.5 Å². The van der Waals surface area contributed by atoms with Crippen LogP contribution in [0.25, 0.3) is 0 Å². The SMILES string of the molecule is COC(=O)C(CN)c1cccc(Br)c1F. The first kappa shape index (κ1) is 12.1. The van der Waals surface area contributed by atoms with Gasteiger partial charge in [0.15, 0.2) is 0 Å². The molecule has 0 amide bonds. The van der Waals surface area contributed by atoms with Gasteiger partial charge in [0.25, 0.3) is 0 Å². The van der Waals surface area contributed by atoms with Crippen molar-refractivity contribution in [3.8, 4) is 0 Å². The van der Waals surface area contributed by atoms with Gasteiger partial charge in [0, 0.05) is 12.1 Å². The summed E-state index contributed by atoms with van der Waals surface area (Å²) in [5, 5.41) is 0. The molecule has 0 fully saturated rings. The number of rotatable bonds is 3. The van der Waals surface area contributed by atoms with E-state index in [1.54, 1.807) is 12.1 Å². The average molecular weight is 276 g/mol. The zero-order valence-electron chi connectivity index (χ0n) is 8.17. The minimum atomic E-state index is -0.757. The highest BCUT2D eigenvalue weighted by Crippen LogP contribution is 2.25. The summed E-state index contributed by atoms with van der Waals surface area (Å²) in [4.78, 5) is 11.3. The standard InChI is InChI=1S/C10H11BrFNO2/c1-15-10(14)7(5-13)6-3-2-4-8(11)9(6)12/h2-4,7H,5,13H2,1H3. The lowest BCUT2D eigenvalue weighted by atomic mass is 9.99. The zero-order chi connectivity index (χ0) is 11.4. The minimum absolute atomic E-state index is 0.0139. The Bertz CT molecular complexity index is 370. The van der Waals surface area contributed by atoms with E-state index in [1.807, 2.05) is 0 Å². The van der Waals surface area contributed by atoms with Crippen LogP contribution < -0.4 is 5.73 Å². The second-order valence-electron chi connectivity index (χ2n) is 2.95. The lowest BCUT2D eigenvalue weighted by Gasteiger charge is -2.13. The molecule has 0 bridgehead atoms. The summed E-state index contributed by atoms with van der Waals surface area (Å²) >= 11 is 3.05. The van der Waals surface area contributed by atoms with Gasteiger partial charge in [-0.3, -0.25) is 4.79 Å². The number of methoxy groups -OCH3 is 1. The molecule has 2 N–H and O–H groups in total. The van der Waals surface area contributed by atoms with Gasteiger partial charge in [0.2, 0.25) is 0 Å². The fraction of sp³-hybridized carbons (Fsp3) is 0.300. The average Bonchev–Trinajstić information content (AvgIpc) is 2.24. The van der Waals surface area contributed by atoms with Gasteiger partial charge in [-0.2, -0.15) is 0 Å². The quantitative estimate of drug-likeness (QED) is 0.856. The van der Waals surface area contributed by atoms with Crippen LogP contribution in [0.4, 0.5) is 4.39 Å². The molecule has 0 aliphatic rings. The second-order valence-corrected chi connectivity index (χ2v) is 3.81. The number of hydrogen-bond acceptors (Lipinski definition) is 3. The fourth-order valence-electron chi connectivity index (χ4n) is 1.28. The summed E-state index contributed by atoms with van der Waals surface area (Å²) in [7, 11) is 1.25. The number of carbonyl (C=O) groups excluding carboxylic acids is 1. The van der Waals surface area contributed by atoms with Crippen molar-refractivity contribution in [2.75, 3.05) is 13.7 Å². The van der Waals surface area contributed by atoms with Crippen LogP contribution >= 0.6 is 15.9 Å². The molecule has 0 radical (unpaired) electrons. The molecule has 0 aromatic heterocycles. The Morgan fingerprint density at radius 3 is 2.87 bits per heavy atom. The van der Waals surface area contributed by atoms with Crippen LogP contribution in [-0.4, -0.2) is 19.6 Å². The lowest BCUT2D eigenvalue weighted by molar-refractivity contribution is -0.142. The van der Waals surface area contributed by atoms with Crippen LogP contribution in [0, 0.1) is 5.82 Å². The molecule has 5 heteroatoms. The van der Waals surface area contributed by atoms with Crippen molar-refractivity contribution in [2.24, 2.45) is 5.73 Å². The Balaban J connectivity index is 3.12. The van der Waals surface area contributed by atoms with E-state index in [4.69, 9.17) is 5.73 Å². The molecule has 0 saturated carbocycles. The van der Waals surface area contributed by atoms with E-state index in [0.717, 1.165) is 0 Å². The van der Waals surface area contributed by atoms with Crippen molar-refractivity contribution < 1.29 is 13.9 Å². The van der Waals surface area contributed by atoms with Crippen molar-refractivity contribution in [2.45, 2.75) is 5.92 Å². The van der Waals surface area contributed by atoms with Gasteiger partial charge in [-0.25, -0.2) is 4.39 Å². The van der Waals surface area contributed by atoms with Crippen LogP contribution in [0.5, 0.6) is 0 Å². The summed E-state index contributed by atoms with van der Waals surface area (Å²) < 4.78 is 18.5. The first-order valence-electron chi connectivity index (χ1n) is 4.33. The Morgan fingerprint density at radius 1 is 1.67 bits per heavy atom. The Hall–Kier alpha value is -0.940. The van der Waals surface area contributed by atoms with Crippen LogP contribution in [0.15, 0.2) is 22.7 Å². The molecular weight excluding hydrogens is 265 g/mol. The normalized spacial score (nSPS) is 12.3. The molecule has 1 aromatic carbocycles. The summed E-state index contributed by atoms with van der Waals surface area (Å²) in [5.41, 5.74) is 5.67. The topological polar surface area (TPSA) is 52.3 Å². The minimum Gasteiger partial charge on any atom is -0.469 e. The Morgan fingerprint density at radius 2 is 2.33 bits per heavy atom. The van der Waals surface area contributed by atoms with E-state index in [2.05, 4.69) is 20.7 Å². The molecule has 82 valence electrons. The molecule has 0 aliphatic heterocycles. The first-order chi connectivity index (χ1) is 7.11. The molecule has 1 atom stereocenters. The predicted octanol–water partition coefficient (Wildman–Crippen LogP) is 1.80. The maximum Gasteiger partial charge on any atom is 0.314 e. The summed E-state index contributed by atoms with van der Waals surface area (Å²) in [5.74, 6) is -1.76. The molecule has 0 aliphatic carbocycles. The highest BCUT2D eigenvalue weighted by Gasteiger charge is 2.23. The smallest absolute Gasteiger partial charge is 0.314 e. The monoisotopic (exact) mass is 275 g/mol. The number of benzene rings is 1. The molecule has 3 nitrogen and oxygen atoms in total. The van der Waals surface area contributed by atoms with Gasteiger partial charge in [0.05, 0.1) is 17.5 Å². The van der Waals surface area contributed by atoms with Crippen LogP contribution in [0.2, 0.25) is 0 Å². The molecule has 0 heterocycles. The molecule has 15 heavy (non-hydrogen) atoms. The molecule has 1 aromatic rings. The maximum atomic E-state index is 13.6. The molecule has 0 spiro atoms. The highest BCUT2D eigenvalue weighted by molar-refractivity contribution is 9.10. The van der Waals surface area contributed by atoms with Crippen molar-refractivity contribution in [3.05, 3.63) is 34.1 Å². The second kappa shape index (κ2) is 5.23. The molecular formula is C10H11BrFNO2. The third-order valence-electron chi connectivity index (χ3n) is 2.08. The van der Waals surface area contributed by atoms with Crippen molar-refractivity contribution in [1.29, 1.82) is 0 Å². The number of ether oxygens (including phenoxy) is 1. The Kier molecular flexibility index (Phi) is 4.23. The van der Waals surface area contributed by atoms with Gasteiger partial charge in [-0.05, 0) is 22.0 Å². The van der Waals surface area contributed by atoms with Crippen LogP contribution in [-0.2, 0) is 9.53 Å². The first-order valence-corrected chi connectivity index (χ1v) is 5.13. The van der Waals surface area contributed by atoms with Gasteiger partial charge >= 0.3 is 5.97 Å². The van der Waals surface area contributed by atoms with Crippen LogP contribution in [0.1, 0.15) is 11.5 Å². The highest BCUT2D eigenvalue weighted by atomic mass is 79.9. The van der Waals surface area contributed by atoms with Gasteiger partial charge in [-0.15, -0.1) is 0 Å². The number of halogens is 2. The van der Waals surface area contributed by atoms with Crippen LogP contribution in [0.3, 0.4) is 0 Å². The fourth-order valence-corrected chi connectivity index (χ4v) is 1.66. The summed E-state index contributed by atoms with van der Waals surface area (Å²) in [6, 6.07) is 4.73. The van der Waals surface area contributed by atoms with E-state index >= 15 is 0 Å². The number of hydrogen-bond donors (Lipinski definition) is 1. The van der Waals surface area contributed by atoms with E-state index in [9.17, 15) is 9.18 Å².